The summed E-state index contributed by atoms with van der Waals surface area (Å²) < 4.78 is 2.83. The summed E-state index contributed by atoms with van der Waals surface area (Å²) in [6.45, 7) is 1.87. The van der Waals surface area contributed by atoms with E-state index < -0.39 is 0 Å². The molecule has 1 amide bonds. The second-order valence-electron chi connectivity index (χ2n) is 6.26. The molecule has 0 atom stereocenters. The topological polar surface area (TPSA) is 94.7 Å². The molecule has 142 valence electrons. The van der Waals surface area contributed by atoms with E-state index in [-0.39, 0.29) is 23.5 Å². The van der Waals surface area contributed by atoms with Gasteiger partial charge in [-0.15, -0.1) is 11.3 Å². The zero-order chi connectivity index (χ0) is 19.8. The van der Waals surface area contributed by atoms with Crippen molar-refractivity contribution in [1.82, 2.24) is 24.1 Å². The Morgan fingerprint density at radius 1 is 1.29 bits per heavy atom. The van der Waals surface area contributed by atoms with E-state index in [2.05, 4.69) is 20.3 Å². The Hall–Kier alpha value is -3.04. The summed E-state index contributed by atoms with van der Waals surface area (Å²) in [5.41, 5.74) is 2.93. The van der Waals surface area contributed by atoms with E-state index >= 15 is 0 Å². The maximum absolute atomic E-state index is 12.4. The highest BCUT2D eigenvalue weighted by Gasteiger charge is 2.14. The third-order valence-electron chi connectivity index (χ3n) is 4.23. The quantitative estimate of drug-likeness (QED) is 0.554. The molecule has 8 nitrogen and oxygen atoms in total. The lowest BCUT2D eigenvalue weighted by Gasteiger charge is -2.04. The number of fused-ring (bicyclic) bond motifs is 1. The van der Waals surface area contributed by atoms with E-state index in [0.29, 0.717) is 15.8 Å². The molecule has 0 unspecified atom stereocenters. The molecule has 0 aliphatic rings. The highest BCUT2D eigenvalue weighted by Crippen LogP contribution is 2.28. The number of thiazole rings is 1. The highest BCUT2D eigenvalue weighted by molar-refractivity contribution is 7.14. The van der Waals surface area contributed by atoms with Crippen molar-refractivity contribution < 1.29 is 4.79 Å². The molecule has 0 bridgehead atoms. The molecule has 0 spiro atoms. The lowest BCUT2D eigenvalue weighted by molar-refractivity contribution is -0.116. The predicted octanol–water partition coefficient (Wildman–Crippen LogP) is 2.85. The van der Waals surface area contributed by atoms with E-state index in [1.54, 1.807) is 7.05 Å². The van der Waals surface area contributed by atoms with Gasteiger partial charge in [0.1, 0.15) is 6.54 Å². The average Bonchev–Trinajstić information content (AvgIpc) is 3.28. The van der Waals surface area contributed by atoms with E-state index in [1.165, 1.54) is 33.1 Å². The first-order chi connectivity index (χ1) is 13.4. The Morgan fingerprint density at radius 2 is 2.07 bits per heavy atom. The number of anilines is 1. The number of benzene rings is 1. The summed E-state index contributed by atoms with van der Waals surface area (Å²) in [6.07, 6.45) is 2.83. The van der Waals surface area contributed by atoms with Crippen LogP contribution in [0.4, 0.5) is 5.13 Å². The molecule has 1 N–H and O–H groups in total. The minimum Gasteiger partial charge on any atom is -0.315 e. The second kappa shape index (κ2) is 7.17. The molecule has 0 aliphatic heterocycles. The summed E-state index contributed by atoms with van der Waals surface area (Å²) in [5, 5.41) is 5.73. The number of rotatable bonds is 4. The first kappa shape index (κ1) is 18.3. The van der Waals surface area contributed by atoms with E-state index in [4.69, 9.17) is 11.6 Å². The Kier molecular flexibility index (Phi) is 4.70. The molecule has 3 aromatic heterocycles. The fourth-order valence-corrected chi connectivity index (χ4v) is 3.61. The van der Waals surface area contributed by atoms with Crippen LogP contribution in [0, 0.1) is 6.92 Å². The molecule has 0 saturated carbocycles. The lowest BCUT2D eigenvalue weighted by Crippen LogP contribution is -2.23. The number of nitrogens with zero attached hydrogens (tertiary/aromatic N) is 5. The highest BCUT2D eigenvalue weighted by atomic mass is 35.5. The zero-order valence-electron chi connectivity index (χ0n) is 15.0. The summed E-state index contributed by atoms with van der Waals surface area (Å²) in [6, 6.07) is 5.70. The van der Waals surface area contributed by atoms with Gasteiger partial charge in [-0.25, -0.2) is 15.0 Å². The number of aromatic nitrogens is 5. The minimum atomic E-state index is -0.312. The maximum atomic E-state index is 12.4. The van der Waals surface area contributed by atoms with Crippen LogP contribution in [0.1, 0.15) is 5.56 Å². The van der Waals surface area contributed by atoms with Gasteiger partial charge < -0.3 is 14.5 Å². The summed E-state index contributed by atoms with van der Waals surface area (Å²) >= 11 is 7.49. The van der Waals surface area contributed by atoms with E-state index in [9.17, 15) is 9.59 Å². The average molecular weight is 415 g/mol. The maximum Gasteiger partial charge on any atom is 0.279 e. The van der Waals surface area contributed by atoms with Gasteiger partial charge in [0.15, 0.2) is 16.3 Å². The molecular weight excluding hydrogens is 400 g/mol. The van der Waals surface area contributed by atoms with Crippen LogP contribution in [0.15, 0.2) is 41.0 Å². The molecule has 0 saturated heterocycles. The van der Waals surface area contributed by atoms with Gasteiger partial charge in [-0.1, -0.05) is 23.7 Å². The van der Waals surface area contributed by atoms with Gasteiger partial charge in [-0.05, 0) is 18.6 Å². The van der Waals surface area contributed by atoms with Gasteiger partial charge in [0, 0.05) is 23.0 Å². The zero-order valence-corrected chi connectivity index (χ0v) is 16.6. The van der Waals surface area contributed by atoms with Crippen LogP contribution < -0.4 is 10.9 Å². The molecule has 3 heterocycles. The van der Waals surface area contributed by atoms with Crippen LogP contribution in [0.5, 0.6) is 0 Å². The van der Waals surface area contributed by atoms with Crippen LogP contribution in [0.2, 0.25) is 5.02 Å². The van der Waals surface area contributed by atoms with Crippen LogP contribution in [-0.4, -0.2) is 30.0 Å². The number of hydrogen-bond acceptors (Lipinski definition) is 6. The predicted molar refractivity (Wildman–Crippen MR) is 109 cm³/mol. The molecule has 10 heteroatoms. The number of nitrogens with one attached hydrogen (secondary N) is 1. The van der Waals surface area contributed by atoms with Crippen molar-refractivity contribution in [2.75, 3.05) is 5.32 Å². The number of amides is 1. The van der Waals surface area contributed by atoms with Gasteiger partial charge in [0.05, 0.1) is 18.3 Å². The Bertz CT molecular complexity index is 1260. The second-order valence-corrected chi connectivity index (χ2v) is 7.52. The van der Waals surface area contributed by atoms with Crippen molar-refractivity contribution in [3.05, 3.63) is 57.2 Å². The normalized spacial score (nSPS) is 11.1. The SMILES string of the molecule is Cc1ccc(-c2csc(NC(=O)Cn3cnc4ncn(C)c(=O)c43)n2)cc1Cl. The molecule has 4 rings (SSSR count). The van der Waals surface area contributed by atoms with Crippen molar-refractivity contribution in [2.45, 2.75) is 13.5 Å². The van der Waals surface area contributed by atoms with Gasteiger partial charge in [-0.2, -0.15) is 0 Å². The smallest absolute Gasteiger partial charge is 0.279 e. The van der Waals surface area contributed by atoms with Crippen LogP contribution >= 0.6 is 22.9 Å². The van der Waals surface area contributed by atoms with Crippen LogP contribution in [0.3, 0.4) is 0 Å². The summed E-state index contributed by atoms with van der Waals surface area (Å²) in [4.78, 5) is 37.3. The van der Waals surface area contributed by atoms with Gasteiger partial charge in [0.2, 0.25) is 5.91 Å². The summed E-state index contributed by atoms with van der Waals surface area (Å²) in [7, 11) is 1.60. The Balaban J connectivity index is 1.52. The van der Waals surface area contributed by atoms with Crippen molar-refractivity contribution in [1.29, 1.82) is 0 Å². The Labute approximate surface area is 168 Å². The lowest BCUT2D eigenvalue weighted by atomic mass is 10.1. The van der Waals surface area contributed by atoms with Gasteiger partial charge >= 0.3 is 0 Å². The number of aryl methyl sites for hydroxylation is 2. The molecule has 28 heavy (non-hydrogen) atoms. The fourth-order valence-electron chi connectivity index (χ4n) is 2.69. The molecule has 1 aromatic carbocycles. The monoisotopic (exact) mass is 414 g/mol. The molecule has 0 aliphatic carbocycles. The number of imidazole rings is 1. The molecular formula is C18H15ClN6O2S. The first-order valence-electron chi connectivity index (χ1n) is 8.31. The first-order valence-corrected chi connectivity index (χ1v) is 9.56. The molecule has 4 aromatic rings. The van der Waals surface area contributed by atoms with Crippen LogP contribution in [0.25, 0.3) is 22.4 Å². The van der Waals surface area contributed by atoms with E-state index in [0.717, 1.165) is 16.8 Å². The van der Waals surface area contributed by atoms with Crippen molar-refractivity contribution in [3.8, 4) is 11.3 Å². The largest absolute Gasteiger partial charge is 0.315 e. The van der Waals surface area contributed by atoms with Crippen molar-refractivity contribution in [3.63, 3.8) is 0 Å². The fraction of sp³-hybridized carbons (Fsp3) is 0.167. The van der Waals surface area contributed by atoms with E-state index in [1.807, 2.05) is 30.5 Å². The number of halogens is 1. The van der Waals surface area contributed by atoms with Gasteiger partial charge in [-0.3, -0.25) is 9.59 Å². The third-order valence-corrected chi connectivity index (χ3v) is 5.39. The molecule has 0 fully saturated rings. The Morgan fingerprint density at radius 3 is 2.86 bits per heavy atom. The minimum absolute atomic E-state index is 0.0668. The van der Waals surface area contributed by atoms with Crippen molar-refractivity contribution >= 4 is 45.1 Å². The number of carbonyl (C=O) groups excluding carboxylic acids is 1. The number of hydrogen-bond donors (Lipinski definition) is 1. The van der Waals surface area contributed by atoms with Crippen LogP contribution in [-0.2, 0) is 18.4 Å². The standard InChI is InChI=1S/C18H15ClN6O2S/c1-10-3-4-11(5-12(10)19)13-7-28-18(22-13)23-14(26)6-25-9-21-16-15(25)17(27)24(2)8-20-16/h3-5,7-9H,6H2,1-2H3,(H,22,23,26). The number of carbonyl (C=O) groups is 1. The van der Waals surface area contributed by atoms with Crippen molar-refractivity contribution in [2.24, 2.45) is 7.05 Å². The third kappa shape index (κ3) is 3.41. The van der Waals surface area contributed by atoms with Gasteiger partial charge in [0.25, 0.3) is 5.56 Å². The molecule has 0 radical (unpaired) electrons. The summed E-state index contributed by atoms with van der Waals surface area (Å²) in [5.74, 6) is -0.312.